The summed E-state index contributed by atoms with van der Waals surface area (Å²) in [6, 6.07) is 1.66. The lowest BCUT2D eigenvalue weighted by Gasteiger charge is -2.16. The van der Waals surface area contributed by atoms with Gasteiger partial charge in [0.2, 0.25) is 5.91 Å². The van der Waals surface area contributed by atoms with Gasteiger partial charge in [-0.05, 0) is 25.5 Å². The molecular formula is C20H31N3O7. The average Bonchev–Trinajstić information content (AvgIpc) is 3.01. The van der Waals surface area contributed by atoms with Gasteiger partial charge in [-0.3, -0.25) is 9.36 Å². The van der Waals surface area contributed by atoms with E-state index in [1.165, 1.54) is 10.8 Å². The average molecular weight is 425 g/mol. The predicted molar refractivity (Wildman–Crippen MR) is 108 cm³/mol. The maximum atomic E-state index is 12.2. The standard InChI is InChI=1S/C20H31N3O7/c1-3-14(29-2)5-4-6-17(25)21-9-7-13-8-10-23(20(28)22-13)11-15-18(26)19(27)16(12-24)30-15/h3,8,10,15-16,18-19,24,26-27H,4-7,9,11-12H2,1-2H3,(H,21,25). The van der Waals surface area contributed by atoms with E-state index in [1.807, 2.05) is 13.0 Å². The van der Waals surface area contributed by atoms with E-state index in [0.717, 1.165) is 5.76 Å². The van der Waals surface area contributed by atoms with Crippen molar-refractivity contribution < 1.29 is 29.6 Å². The third-order valence-electron chi connectivity index (χ3n) is 5.06. The van der Waals surface area contributed by atoms with Crippen molar-refractivity contribution in [2.75, 3.05) is 20.3 Å². The molecule has 10 heteroatoms. The Morgan fingerprint density at radius 1 is 1.33 bits per heavy atom. The van der Waals surface area contributed by atoms with Crippen LogP contribution in [0.3, 0.4) is 0 Å². The van der Waals surface area contributed by atoms with Crippen LogP contribution in [0.4, 0.5) is 0 Å². The molecule has 1 aliphatic rings. The van der Waals surface area contributed by atoms with Gasteiger partial charge in [0.1, 0.15) is 24.4 Å². The lowest BCUT2D eigenvalue weighted by molar-refractivity contribution is -0.121. The minimum absolute atomic E-state index is 0.00719. The van der Waals surface area contributed by atoms with Crippen LogP contribution in [-0.4, -0.2) is 75.5 Å². The first-order valence-electron chi connectivity index (χ1n) is 10.0. The Morgan fingerprint density at radius 2 is 2.07 bits per heavy atom. The Kier molecular flexibility index (Phi) is 9.44. The highest BCUT2D eigenvalue weighted by Crippen LogP contribution is 2.21. The van der Waals surface area contributed by atoms with E-state index in [-0.39, 0.29) is 12.5 Å². The second kappa shape index (κ2) is 11.8. The topological polar surface area (TPSA) is 143 Å². The van der Waals surface area contributed by atoms with Crippen molar-refractivity contribution in [1.82, 2.24) is 14.9 Å². The molecule has 1 aromatic heterocycles. The molecule has 0 aromatic carbocycles. The van der Waals surface area contributed by atoms with Crippen molar-refractivity contribution in [3.63, 3.8) is 0 Å². The molecule has 168 valence electrons. The number of nitrogens with one attached hydrogen (secondary N) is 1. The molecule has 2 heterocycles. The number of amides is 1. The highest BCUT2D eigenvalue weighted by molar-refractivity contribution is 5.75. The number of aliphatic hydroxyl groups excluding tert-OH is 3. The Bertz CT molecular complexity index is 780. The van der Waals surface area contributed by atoms with Gasteiger partial charge in [-0.1, -0.05) is 0 Å². The van der Waals surface area contributed by atoms with Crippen molar-refractivity contribution in [2.45, 2.75) is 63.6 Å². The number of allylic oxidation sites excluding steroid dienone is 2. The third kappa shape index (κ3) is 6.63. The lowest BCUT2D eigenvalue weighted by Crippen LogP contribution is -2.37. The number of hydrogen-bond donors (Lipinski definition) is 4. The molecule has 4 unspecified atom stereocenters. The normalized spacial score (nSPS) is 24.1. The fourth-order valence-electron chi connectivity index (χ4n) is 3.27. The predicted octanol–water partition coefficient (Wildman–Crippen LogP) is -0.896. The largest absolute Gasteiger partial charge is 0.501 e. The monoisotopic (exact) mass is 425 g/mol. The number of ether oxygens (including phenoxy) is 2. The number of carbonyl (C=O) groups excluding carboxylic acids is 1. The van der Waals surface area contributed by atoms with E-state index >= 15 is 0 Å². The zero-order valence-electron chi connectivity index (χ0n) is 17.4. The van der Waals surface area contributed by atoms with Crippen molar-refractivity contribution in [3.8, 4) is 0 Å². The molecule has 0 saturated carbocycles. The van der Waals surface area contributed by atoms with E-state index in [1.54, 1.807) is 13.2 Å². The van der Waals surface area contributed by atoms with Crippen LogP contribution in [0.2, 0.25) is 0 Å². The van der Waals surface area contributed by atoms with Gasteiger partial charge in [0.15, 0.2) is 0 Å². The lowest BCUT2D eigenvalue weighted by atomic mass is 10.1. The van der Waals surface area contributed by atoms with Crippen LogP contribution in [0.15, 0.2) is 28.9 Å². The summed E-state index contributed by atoms with van der Waals surface area (Å²) in [7, 11) is 1.61. The summed E-state index contributed by atoms with van der Waals surface area (Å²) < 4.78 is 11.8. The minimum Gasteiger partial charge on any atom is -0.501 e. The van der Waals surface area contributed by atoms with E-state index in [0.29, 0.717) is 37.9 Å². The molecule has 10 nitrogen and oxygen atoms in total. The zero-order valence-corrected chi connectivity index (χ0v) is 17.4. The first-order chi connectivity index (χ1) is 14.4. The van der Waals surface area contributed by atoms with Gasteiger partial charge in [-0.25, -0.2) is 4.79 Å². The van der Waals surface area contributed by atoms with Crippen LogP contribution in [0.1, 0.15) is 31.9 Å². The van der Waals surface area contributed by atoms with Gasteiger partial charge in [0.25, 0.3) is 0 Å². The molecule has 4 N–H and O–H groups in total. The number of methoxy groups -OCH3 is 1. The summed E-state index contributed by atoms with van der Waals surface area (Å²) in [5, 5.41) is 31.7. The van der Waals surface area contributed by atoms with Crippen LogP contribution in [-0.2, 0) is 27.2 Å². The number of hydrogen-bond acceptors (Lipinski definition) is 8. The van der Waals surface area contributed by atoms with Crippen LogP contribution in [0.5, 0.6) is 0 Å². The fraction of sp³-hybridized carbons (Fsp3) is 0.650. The van der Waals surface area contributed by atoms with Gasteiger partial charge in [0.05, 0.1) is 26.0 Å². The summed E-state index contributed by atoms with van der Waals surface area (Å²) in [6.45, 7) is 1.84. The number of rotatable bonds is 11. The van der Waals surface area contributed by atoms with Crippen molar-refractivity contribution in [2.24, 2.45) is 0 Å². The van der Waals surface area contributed by atoms with Crippen LogP contribution >= 0.6 is 0 Å². The molecular weight excluding hydrogens is 394 g/mol. The summed E-state index contributed by atoms with van der Waals surface area (Å²) >= 11 is 0. The number of aliphatic hydroxyl groups is 3. The SMILES string of the molecule is CC=C(CCCC(=O)NCCc1ccn(CC2OC(CO)C(O)C2O)c(=O)n1)OC. The number of carbonyl (C=O) groups is 1. The van der Waals surface area contributed by atoms with Crippen molar-refractivity contribution in [1.29, 1.82) is 0 Å². The first kappa shape index (κ1) is 24.0. The summed E-state index contributed by atoms with van der Waals surface area (Å²) in [5.41, 5.74) is 0.0170. The Balaban J connectivity index is 1.78. The molecule has 2 rings (SSSR count). The van der Waals surface area contributed by atoms with E-state index in [9.17, 15) is 19.8 Å². The second-order valence-corrected chi connectivity index (χ2v) is 7.14. The molecule has 30 heavy (non-hydrogen) atoms. The number of nitrogens with zero attached hydrogens (tertiary/aromatic N) is 2. The summed E-state index contributed by atoms with van der Waals surface area (Å²) in [4.78, 5) is 28.1. The van der Waals surface area contributed by atoms with Crippen LogP contribution < -0.4 is 11.0 Å². The maximum absolute atomic E-state index is 12.2. The highest BCUT2D eigenvalue weighted by Gasteiger charge is 2.42. The molecule has 0 aliphatic carbocycles. The second-order valence-electron chi connectivity index (χ2n) is 7.14. The highest BCUT2D eigenvalue weighted by atomic mass is 16.6. The fourth-order valence-corrected chi connectivity index (χ4v) is 3.27. The molecule has 0 bridgehead atoms. The van der Waals surface area contributed by atoms with E-state index in [2.05, 4.69) is 10.3 Å². The van der Waals surface area contributed by atoms with Gasteiger partial charge < -0.3 is 30.1 Å². The molecule has 4 atom stereocenters. The van der Waals surface area contributed by atoms with E-state index in [4.69, 9.17) is 14.6 Å². The van der Waals surface area contributed by atoms with Crippen LogP contribution in [0.25, 0.3) is 0 Å². The molecule has 1 aliphatic heterocycles. The first-order valence-corrected chi connectivity index (χ1v) is 10.0. The Hall–Kier alpha value is -2.27. The van der Waals surface area contributed by atoms with Gasteiger partial charge in [0, 0.05) is 37.7 Å². The molecule has 1 aromatic rings. The van der Waals surface area contributed by atoms with E-state index < -0.39 is 36.7 Å². The molecule has 1 amide bonds. The molecule has 1 saturated heterocycles. The zero-order chi connectivity index (χ0) is 22.1. The quantitative estimate of drug-likeness (QED) is 0.334. The smallest absolute Gasteiger partial charge is 0.347 e. The minimum atomic E-state index is -1.20. The summed E-state index contributed by atoms with van der Waals surface area (Å²) in [6.07, 6.45) is 1.50. The van der Waals surface area contributed by atoms with Crippen LogP contribution in [0, 0.1) is 0 Å². The summed E-state index contributed by atoms with van der Waals surface area (Å²) in [5.74, 6) is 0.781. The molecule has 0 spiro atoms. The third-order valence-corrected chi connectivity index (χ3v) is 5.06. The van der Waals surface area contributed by atoms with Gasteiger partial charge in [-0.2, -0.15) is 4.98 Å². The van der Waals surface area contributed by atoms with Crippen molar-refractivity contribution >= 4 is 5.91 Å². The Labute approximate surface area is 175 Å². The van der Waals surface area contributed by atoms with Gasteiger partial charge in [-0.15, -0.1) is 0 Å². The van der Waals surface area contributed by atoms with Crippen molar-refractivity contribution in [3.05, 3.63) is 40.3 Å². The Morgan fingerprint density at radius 3 is 2.67 bits per heavy atom. The maximum Gasteiger partial charge on any atom is 0.347 e. The number of aromatic nitrogens is 2. The molecule has 0 radical (unpaired) electrons. The molecule has 1 fully saturated rings. The van der Waals surface area contributed by atoms with Gasteiger partial charge >= 0.3 is 5.69 Å².